The number of allylic oxidation sites excluding steroid dienone is 1. The van der Waals surface area contributed by atoms with Crippen LogP contribution in [0.25, 0.3) is 5.57 Å². The summed E-state index contributed by atoms with van der Waals surface area (Å²) in [5, 5.41) is 0. The molecule has 3 nitrogen and oxygen atoms in total. The highest BCUT2D eigenvalue weighted by atomic mass is 32.2. The Hall–Kier alpha value is -2.98. The lowest BCUT2D eigenvalue weighted by molar-refractivity contribution is 0.0746. The fraction of sp³-hybridized carbons (Fsp3) is 0.344. The van der Waals surface area contributed by atoms with Crippen molar-refractivity contribution >= 4 is 28.9 Å². The van der Waals surface area contributed by atoms with Crippen LogP contribution in [0.15, 0.2) is 77.0 Å². The van der Waals surface area contributed by atoms with E-state index in [1.165, 1.54) is 37.7 Å². The minimum Gasteiger partial charge on any atom is -0.368 e. The molecule has 0 atom stereocenters. The molecule has 1 fully saturated rings. The van der Waals surface area contributed by atoms with Crippen molar-refractivity contribution in [2.24, 2.45) is 5.92 Å². The topological polar surface area (TPSA) is 23.6 Å². The van der Waals surface area contributed by atoms with Crippen molar-refractivity contribution in [1.29, 1.82) is 0 Å². The second kappa shape index (κ2) is 11.4. The van der Waals surface area contributed by atoms with Gasteiger partial charge in [0.2, 0.25) is 0 Å². The molecule has 188 valence electrons. The predicted octanol–water partition coefficient (Wildman–Crippen LogP) is 7.78. The first-order valence-electron chi connectivity index (χ1n) is 12.9. The summed E-state index contributed by atoms with van der Waals surface area (Å²) in [4.78, 5) is 20.1. The van der Waals surface area contributed by atoms with E-state index in [1.807, 2.05) is 17.0 Å². The lowest BCUT2D eigenvalue weighted by Gasteiger charge is -2.37. The van der Waals surface area contributed by atoms with Crippen molar-refractivity contribution in [3.63, 3.8) is 0 Å². The second-order valence-electron chi connectivity index (χ2n) is 10.3. The number of carbonyl (C=O) groups is 1. The average molecular weight is 499 g/mol. The number of rotatable bonds is 7. The third-order valence-corrected chi connectivity index (χ3v) is 8.08. The van der Waals surface area contributed by atoms with Crippen molar-refractivity contribution < 1.29 is 4.79 Å². The van der Waals surface area contributed by atoms with Gasteiger partial charge in [0.25, 0.3) is 5.91 Å². The maximum absolute atomic E-state index is 13.3. The SMILES string of the molecule is C=C(CC(C)C)c1ccccc1Sc1ccc(C(=O)N2CCN(c3ccc(C)cc3C)CC2)cc1C. The smallest absolute Gasteiger partial charge is 0.253 e. The average Bonchev–Trinajstić information content (AvgIpc) is 2.85. The van der Waals surface area contributed by atoms with Gasteiger partial charge >= 0.3 is 0 Å². The molecule has 1 amide bonds. The zero-order valence-electron chi connectivity index (χ0n) is 22.3. The van der Waals surface area contributed by atoms with E-state index in [-0.39, 0.29) is 5.91 Å². The molecule has 1 aliphatic heterocycles. The van der Waals surface area contributed by atoms with Gasteiger partial charge in [-0.05, 0) is 85.7 Å². The van der Waals surface area contributed by atoms with Gasteiger partial charge in [0.05, 0.1) is 0 Å². The number of nitrogens with zero attached hydrogens (tertiary/aromatic N) is 2. The van der Waals surface area contributed by atoms with E-state index in [0.29, 0.717) is 5.92 Å². The monoisotopic (exact) mass is 498 g/mol. The second-order valence-corrected chi connectivity index (χ2v) is 11.4. The molecular formula is C32H38N2OS. The first-order chi connectivity index (χ1) is 17.2. The Morgan fingerprint density at radius 2 is 1.61 bits per heavy atom. The lowest BCUT2D eigenvalue weighted by atomic mass is 9.98. The number of piperazine rings is 1. The Morgan fingerprint density at radius 1 is 0.889 bits per heavy atom. The van der Waals surface area contributed by atoms with Gasteiger partial charge in [-0.25, -0.2) is 0 Å². The van der Waals surface area contributed by atoms with Gasteiger partial charge in [-0.1, -0.05) is 68.1 Å². The number of amides is 1. The molecule has 0 unspecified atom stereocenters. The largest absolute Gasteiger partial charge is 0.368 e. The van der Waals surface area contributed by atoms with E-state index in [4.69, 9.17) is 0 Å². The van der Waals surface area contributed by atoms with Gasteiger partial charge in [-0.3, -0.25) is 4.79 Å². The molecule has 0 saturated carbocycles. The van der Waals surface area contributed by atoms with Crippen LogP contribution in [-0.2, 0) is 0 Å². The Bertz CT molecular complexity index is 1250. The Kier molecular flexibility index (Phi) is 8.25. The van der Waals surface area contributed by atoms with Gasteiger partial charge in [-0.2, -0.15) is 0 Å². The summed E-state index contributed by atoms with van der Waals surface area (Å²) < 4.78 is 0. The van der Waals surface area contributed by atoms with Crippen molar-refractivity contribution in [2.45, 2.75) is 50.8 Å². The molecule has 1 heterocycles. The molecule has 0 bridgehead atoms. The van der Waals surface area contributed by atoms with Crippen LogP contribution in [0.1, 0.15) is 52.9 Å². The molecular weight excluding hydrogens is 460 g/mol. The Labute approximate surface area is 221 Å². The first kappa shape index (κ1) is 26.1. The zero-order chi connectivity index (χ0) is 25.8. The van der Waals surface area contributed by atoms with Crippen LogP contribution in [0.4, 0.5) is 5.69 Å². The van der Waals surface area contributed by atoms with Crippen LogP contribution in [0.5, 0.6) is 0 Å². The minimum atomic E-state index is 0.126. The zero-order valence-corrected chi connectivity index (χ0v) is 23.1. The van der Waals surface area contributed by atoms with Gasteiger partial charge in [0, 0.05) is 47.2 Å². The van der Waals surface area contributed by atoms with E-state index in [1.54, 1.807) is 11.8 Å². The van der Waals surface area contributed by atoms with Crippen LogP contribution < -0.4 is 4.90 Å². The normalized spacial score (nSPS) is 13.8. The molecule has 1 saturated heterocycles. The molecule has 3 aromatic carbocycles. The van der Waals surface area contributed by atoms with E-state index in [9.17, 15) is 4.79 Å². The molecule has 0 aliphatic carbocycles. The highest BCUT2D eigenvalue weighted by molar-refractivity contribution is 7.99. The van der Waals surface area contributed by atoms with E-state index in [0.717, 1.165) is 43.7 Å². The van der Waals surface area contributed by atoms with Gasteiger partial charge in [-0.15, -0.1) is 0 Å². The quantitative estimate of drug-likeness (QED) is 0.332. The summed E-state index contributed by atoms with van der Waals surface area (Å²) >= 11 is 1.76. The van der Waals surface area contributed by atoms with E-state index in [2.05, 4.69) is 94.6 Å². The number of hydrogen-bond acceptors (Lipinski definition) is 3. The van der Waals surface area contributed by atoms with Gasteiger partial charge in [0.15, 0.2) is 0 Å². The molecule has 4 rings (SSSR count). The van der Waals surface area contributed by atoms with Crippen LogP contribution in [0, 0.1) is 26.7 Å². The highest BCUT2D eigenvalue weighted by Crippen LogP contribution is 2.37. The molecule has 36 heavy (non-hydrogen) atoms. The van der Waals surface area contributed by atoms with Crippen molar-refractivity contribution in [2.75, 3.05) is 31.1 Å². The number of hydrogen-bond donors (Lipinski definition) is 0. The van der Waals surface area contributed by atoms with Crippen molar-refractivity contribution in [3.05, 3.63) is 95.1 Å². The first-order valence-corrected chi connectivity index (χ1v) is 13.7. The molecule has 0 radical (unpaired) electrons. The van der Waals surface area contributed by atoms with Gasteiger partial charge < -0.3 is 9.80 Å². The van der Waals surface area contributed by atoms with Crippen molar-refractivity contribution in [1.82, 2.24) is 4.90 Å². The third-order valence-electron chi connectivity index (χ3n) is 6.82. The number of aryl methyl sites for hydroxylation is 3. The molecule has 0 aromatic heterocycles. The summed E-state index contributed by atoms with van der Waals surface area (Å²) in [7, 11) is 0. The number of carbonyl (C=O) groups excluding carboxylic acids is 1. The fourth-order valence-electron chi connectivity index (χ4n) is 4.96. The van der Waals surface area contributed by atoms with Crippen molar-refractivity contribution in [3.8, 4) is 0 Å². The molecule has 0 N–H and O–H groups in total. The molecule has 1 aliphatic rings. The summed E-state index contributed by atoms with van der Waals surface area (Å²) in [6.07, 6.45) is 0.987. The maximum Gasteiger partial charge on any atom is 0.253 e. The summed E-state index contributed by atoms with van der Waals surface area (Å²) in [5.74, 6) is 0.700. The fourth-order valence-corrected chi connectivity index (χ4v) is 6.02. The van der Waals surface area contributed by atoms with Crippen LogP contribution in [-0.4, -0.2) is 37.0 Å². The van der Waals surface area contributed by atoms with Crippen LogP contribution in [0.3, 0.4) is 0 Å². The molecule has 4 heteroatoms. The Morgan fingerprint density at radius 3 is 2.28 bits per heavy atom. The summed E-state index contributed by atoms with van der Waals surface area (Å²) in [6.45, 7) is 18.4. The van der Waals surface area contributed by atoms with Crippen LogP contribution >= 0.6 is 11.8 Å². The number of anilines is 1. The standard InChI is InChI=1S/C32H38N2OS/c1-22(2)19-24(4)28-9-7-8-10-31(28)36-30-14-12-27(21-26(30)6)32(35)34-17-15-33(16-18-34)29-13-11-23(3)20-25(29)5/h7-14,20-22H,4,15-19H2,1-3,5-6H3. The minimum absolute atomic E-state index is 0.126. The summed E-state index contributed by atoms with van der Waals surface area (Å²) in [6, 6.07) is 21.2. The third kappa shape index (κ3) is 6.04. The maximum atomic E-state index is 13.3. The molecule has 0 spiro atoms. The number of benzene rings is 3. The Balaban J connectivity index is 1.43. The molecule has 3 aromatic rings. The van der Waals surface area contributed by atoms with Gasteiger partial charge in [0.1, 0.15) is 0 Å². The van der Waals surface area contributed by atoms with E-state index < -0.39 is 0 Å². The van der Waals surface area contributed by atoms with E-state index >= 15 is 0 Å². The predicted molar refractivity (Wildman–Crippen MR) is 154 cm³/mol. The summed E-state index contributed by atoms with van der Waals surface area (Å²) in [5.41, 5.74) is 8.16. The highest BCUT2D eigenvalue weighted by Gasteiger charge is 2.23. The van der Waals surface area contributed by atoms with Crippen LogP contribution in [0.2, 0.25) is 0 Å². The lowest BCUT2D eigenvalue weighted by Crippen LogP contribution is -2.49.